The Morgan fingerprint density at radius 2 is 2.42 bits per heavy atom. The molecule has 0 bridgehead atoms. The molecule has 0 aliphatic rings. The highest BCUT2D eigenvalue weighted by Crippen LogP contribution is 2.26. The highest BCUT2D eigenvalue weighted by atomic mass is 79.9. The van der Waals surface area contributed by atoms with Crippen LogP contribution in [0.15, 0.2) is 39.5 Å². The summed E-state index contributed by atoms with van der Waals surface area (Å²) in [6.07, 6.45) is 3.75. The van der Waals surface area contributed by atoms with Gasteiger partial charge in [-0.2, -0.15) is 0 Å². The first kappa shape index (κ1) is 13.5. The monoisotopic (exact) mass is 325 g/mol. The molecule has 0 aliphatic carbocycles. The van der Waals surface area contributed by atoms with Crippen LogP contribution in [0, 0.1) is 10.1 Å². The van der Waals surface area contributed by atoms with E-state index in [1.54, 1.807) is 6.26 Å². The van der Waals surface area contributed by atoms with Crippen molar-refractivity contribution in [2.45, 2.75) is 19.4 Å². The zero-order valence-electron chi connectivity index (χ0n) is 10.2. The van der Waals surface area contributed by atoms with Crippen LogP contribution in [0.25, 0.3) is 0 Å². The fraction of sp³-hybridized carbons (Fsp3) is 0.250. The van der Waals surface area contributed by atoms with E-state index in [0.29, 0.717) is 10.9 Å². The third-order valence-corrected chi connectivity index (χ3v) is 2.94. The number of aromatic nitrogens is 1. The zero-order chi connectivity index (χ0) is 13.8. The Balaban J connectivity index is 2.12. The van der Waals surface area contributed by atoms with E-state index in [2.05, 4.69) is 26.2 Å². The Hall–Kier alpha value is -1.89. The first-order chi connectivity index (χ1) is 9.06. The number of hydrogen-bond acceptors (Lipinski definition) is 5. The van der Waals surface area contributed by atoms with Gasteiger partial charge in [-0.15, -0.1) is 0 Å². The van der Waals surface area contributed by atoms with Crippen molar-refractivity contribution in [1.82, 2.24) is 4.98 Å². The molecule has 7 heteroatoms. The number of nitrogens with one attached hydrogen (secondary N) is 1. The van der Waals surface area contributed by atoms with Gasteiger partial charge in [0.2, 0.25) is 5.82 Å². The fourth-order valence-electron chi connectivity index (χ4n) is 1.69. The van der Waals surface area contributed by atoms with Crippen LogP contribution in [0.1, 0.15) is 12.7 Å². The average molecular weight is 326 g/mol. The van der Waals surface area contributed by atoms with Crippen molar-refractivity contribution < 1.29 is 9.34 Å². The van der Waals surface area contributed by atoms with Crippen molar-refractivity contribution in [3.05, 3.63) is 51.0 Å². The summed E-state index contributed by atoms with van der Waals surface area (Å²) in [5.41, 5.74) is -0.0549. The molecule has 0 saturated carbocycles. The molecule has 2 aromatic rings. The molecule has 2 aromatic heterocycles. The molecule has 0 spiro atoms. The minimum Gasteiger partial charge on any atom is -0.469 e. The van der Waals surface area contributed by atoms with Gasteiger partial charge >= 0.3 is 5.69 Å². The first-order valence-electron chi connectivity index (χ1n) is 5.65. The van der Waals surface area contributed by atoms with Gasteiger partial charge in [0.1, 0.15) is 5.76 Å². The lowest BCUT2D eigenvalue weighted by Gasteiger charge is -2.13. The van der Waals surface area contributed by atoms with Gasteiger partial charge in [-0.1, -0.05) is 0 Å². The number of furan rings is 1. The van der Waals surface area contributed by atoms with Gasteiger partial charge in [0.15, 0.2) is 0 Å². The fourth-order valence-corrected chi connectivity index (χ4v) is 2.01. The third kappa shape index (κ3) is 3.54. The van der Waals surface area contributed by atoms with Gasteiger partial charge in [0.25, 0.3) is 0 Å². The maximum Gasteiger partial charge on any atom is 0.312 e. The summed E-state index contributed by atoms with van der Waals surface area (Å²) in [5.74, 6) is 1.08. The maximum atomic E-state index is 11.0. The molecule has 0 aromatic carbocycles. The van der Waals surface area contributed by atoms with Gasteiger partial charge in [-0.25, -0.2) is 4.98 Å². The molecular formula is C12H12BrN3O3. The van der Waals surface area contributed by atoms with Crippen LogP contribution in [0.2, 0.25) is 0 Å². The molecule has 0 amide bonds. The third-order valence-electron chi connectivity index (χ3n) is 2.50. The van der Waals surface area contributed by atoms with E-state index in [9.17, 15) is 10.1 Å². The molecule has 0 radical (unpaired) electrons. The second-order valence-electron chi connectivity index (χ2n) is 4.11. The Morgan fingerprint density at radius 3 is 3.05 bits per heavy atom. The molecule has 2 rings (SSSR count). The Morgan fingerprint density at radius 1 is 1.63 bits per heavy atom. The Bertz CT molecular complexity index is 572. The SMILES string of the molecule is CC(Cc1ccco1)Nc1ncc(Br)cc1[N+](=O)[O-]. The lowest BCUT2D eigenvalue weighted by molar-refractivity contribution is -0.384. The first-order valence-corrected chi connectivity index (χ1v) is 6.44. The second kappa shape index (κ2) is 5.83. The van der Waals surface area contributed by atoms with E-state index in [0.717, 1.165) is 5.76 Å². The standard InChI is InChI=1S/C12H12BrN3O3/c1-8(5-10-3-2-4-19-10)15-12-11(16(17)18)6-9(13)7-14-12/h2-4,6-8H,5H2,1H3,(H,14,15). The average Bonchev–Trinajstić information content (AvgIpc) is 2.83. The van der Waals surface area contributed by atoms with Crippen molar-refractivity contribution in [3.63, 3.8) is 0 Å². The summed E-state index contributed by atoms with van der Waals surface area (Å²) in [7, 11) is 0. The molecular weight excluding hydrogens is 314 g/mol. The van der Waals surface area contributed by atoms with E-state index in [4.69, 9.17) is 4.42 Å². The van der Waals surface area contributed by atoms with Gasteiger partial charge in [-0.3, -0.25) is 10.1 Å². The number of hydrogen-bond donors (Lipinski definition) is 1. The summed E-state index contributed by atoms with van der Waals surface area (Å²) in [4.78, 5) is 14.5. The molecule has 19 heavy (non-hydrogen) atoms. The number of nitrogens with zero attached hydrogens (tertiary/aromatic N) is 2. The lowest BCUT2D eigenvalue weighted by Crippen LogP contribution is -2.19. The van der Waals surface area contributed by atoms with Crippen molar-refractivity contribution in [1.29, 1.82) is 0 Å². The minimum absolute atomic E-state index is 0.0291. The predicted octanol–water partition coefficient (Wildman–Crippen LogP) is 3.39. The number of halogens is 1. The van der Waals surface area contributed by atoms with Crippen molar-refractivity contribution in [3.8, 4) is 0 Å². The van der Waals surface area contributed by atoms with Crippen LogP contribution in [0.3, 0.4) is 0 Å². The van der Waals surface area contributed by atoms with Gasteiger partial charge < -0.3 is 9.73 Å². The Kier molecular flexibility index (Phi) is 4.16. The number of nitro groups is 1. The molecule has 1 N–H and O–H groups in total. The normalized spacial score (nSPS) is 12.1. The largest absolute Gasteiger partial charge is 0.469 e. The second-order valence-corrected chi connectivity index (χ2v) is 5.02. The van der Waals surface area contributed by atoms with Crippen LogP contribution >= 0.6 is 15.9 Å². The smallest absolute Gasteiger partial charge is 0.312 e. The quantitative estimate of drug-likeness (QED) is 0.673. The van der Waals surface area contributed by atoms with E-state index < -0.39 is 4.92 Å². The van der Waals surface area contributed by atoms with Gasteiger partial charge in [0.05, 0.1) is 11.2 Å². The molecule has 2 heterocycles. The minimum atomic E-state index is -0.459. The molecule has 0 aliphatic heterocycles. The van der Waals surface area contributed by atoms with Crippen LogP contribution in [0.4, 0.5) is 11.5 Å². The van der Waals surface area contributed by atoms with Gasteiger partial charge in [-0.05, 0) is 35.0 Å². The van der Waals surface area contributed by atoms with E-state index in [1.165, 1.54) is 12.3 Å². The molecule has 6 nitrogen and oxygen atoms in total. The maximum absolute atomic E-state index is 11.0. The summed E-state index contributed by atoms with van der Waals surface area (Å²) < 4.78 is 5.81. The summed E-state index contributed by atoms with van der Waals surface area (Å²) in [6.45, 7) is 1.91. The summed E-state index contributed by atoms with van der Waals surface area (Å²) in [5, 5.41) is 14.0. The van der Waals surface area contributed by atoms with Crippen LogP contribution in [0.5, 0.6) is 0 Å². The van der Waals surface area contributed by atoms with Crippen molar-refractivity contribution >= 4 is 27.4 Å². The molecule has 1 atom stereocenters. The van der Waals surface area contributed by atoms with Crippen LogP contribution in [-0.2, 0) is 6.42 Å². The van der Waals surface area contributed by atoms with Crippen molar-refractivity contribution in [2.75, 3.05) is 5.32 Å². The van der Waals surface area contributed by atoms with Crippen LogP contribution < -0.4 is 5.32 Å². The molecule has 1 unspecified atom stereocenters. The van der Waals surface area contributed by atoms with Crippen LogP contribution in [-0.4, -0.2) is 15.9 Å². The highest BCUT2D eigenvalue weighted by Gasteiger charge is 2.18. The summed E-state index contributed by atoms with van der Waals surface area (Å²) >= 11 is 3.17. The number of anilines is 1. The van der Waals surface area contributed by atoms with Gasteiger partial charge in [0, 0.05) is 29.2 Å². The van der Waals surface area contributed by atoms with Crippen molar-refractivity contribution in [2.24, 2.45) is 0 Å². The zero-order valence-corrected chi connectivity index (χ0v) is 11.8. The molecule has 100 valence electrons. The number of pyridine rings is 1. The predicted molar refractivity (Wildman–Crippen MR) is 74.1 cm³/mol. The number of rotatable bonds is 5. The van der Waals surface area contributed by atoms with E-state index in [1.807, 2.05) is 19.1 Å². The molecule has 0 fully saturated rings. The topological polar surface area (TPSA) is 81.2 Å². The van der Waals surface area contributed by atoms with E-state index >= 15 is 0 Å². The highest BCUT2D eigenvalue weighted by molar-refractivity contribution is 9.10. The molecule has 0 saturated heterocycles. The summed E-state index contributed by atoms with van der Waals surface area (Å²) in [6, 6.07) is 5.07. The van der Waals surface area contributed by atoms with E-state index in [-0.39, 0.29) is 17.5 Å². The lowest BCUT2D eigenvalue weighted by atomic mass is 10.2. The Labute approximate surface area is 118 Å².